The third-order valence-electron chi connectivity index (χ3n) is 2.74. The quantitative estimate of drug-likeness (QED) is 0.786. The number of rotatable bonds is 2. The summed E-state index contributed by atoms with van der Waals surface area (Å²) >= 11 is 0. The lowest BCUT2D eigenvalue weighted by atomic mass is 10.3. The lowest BCUT2D eigenvalue weighted by molar-refractivity contribution is 0.0690. The second kappa shape index (κ2) is 3.97. The van der Waals surface area contributed by atoms with E-state index in [1.807, 2.05) is 25.1 Å². The molecule has 0 atom stereocenters. The van der Waals surface area contributed by atoms with Gasteiger partial charge in [-0.15, -0.1) is 0 Å². The first-order chi connectivity index (χ1) is 7.99. The third-order valence-corrected chi connectivity index (χ3v) is 2.74. The normalized spacial score (nSPS) is 15.1. The minimum atomic E-state index is -1.14. The minimum Gasteiger partial charge on any atom is -0.477 e. The Labute approximate surface area is 97.8 Å². The average Bonchev–Trinajstić information content (AvgIpc) is 2.58. The molecule has 0 amide bonds. The number of allylic oxidation sites excluding steroid dienone is 1. The molecule has 6 nitrogen and oxygen atoms in total. The summed E-state index contributed by atoms with van der Waals surface area (Å²) in [7, 11) is 1.92. The van der Waals surface area contributed by atoms with Gasteiger partial charge in [-0.2, -0.15) is 0 Å². The largest absolute Gasteiger partial charge is 0.477 e. The number of aromatic carboxylic acids is 1. The van der Waals surface area contributed by atoms with Gasteiger partial charge in [0.2, 0.25) is 0 Å². The number of H-pyrrole nitrogens is 1. The van der Waals surface area contributed by atoms with Gasteiger partial charge in [0.1, 0.15) is 11.4 Å². The van der Waals surface area contributed by atoms with E-state index >= 15 is 0 Å². The zero-order valence-electron chi connectivity index (χ0n) is 9.60. The molecule has 0 aliphatic carbocycles. The van der Waals surface area contributed by atoms with Crippen molar-refractivity contribution in [3.05, 3.63) is 40.1 Å². The van der Waals surface area contributed by atoms with Crippen molar-refractivity contribution in [1.82, 2.24) is 9.88 Å². The van der Waals surface area contributed by atoms with Gasteiger partial charge in [0.05, 0.1) is 6.67 Å². The number of aromatic nitrogens is 1. The molecule has 1 aromatic heterocycles. The van der Waals surface area contributed by atoms with Crippen LogP contribution in [0.15, 0.2) is 28.8 Å². The average molecular weight is 235 g/mol. The lowest BCUT2D eigenvalue weighted by Crippen LogP contribution is -2.28. The van der Waals surface area contributed by atoms with Crippen LogP contribution in [0.3, 0.4) is 0 Å². The van der Waals surface area contributed by atoms with E-state index in [9.17, 15) is 9.59 Å². The molecular formula is C11H13N3O3. The van der Waals surface area contributed by atoms with Crippen LogP contribution in [0.4, 0.5) is 5.69 Å². The van der Waals surface area contributed by atoms with Crippen LogP contribution in [-0.2, 0) is 0 Å². The second-order valence-electron chi connectivity index (χ2n) is 3.97. The number of anilines is 1. The molecule has 0 saturated carbocycles. The fourth-order valence-electron chi connectivity index (χ4n) is 1.67. The summed E-state index contributed by atoms with van der Waals surface area (Å²) in [4.78, 5) is 28.5. The molecule has 1 aliphatic rings. The molecule has 0 spiro atoms. The highest BCUT2D eigenvalue weighted by Gasteiger charge is 2.18. The van der Waals surface area contributed by atoms with Crippen molar-refractivity contribution in [3.8, 4) is 0 Å². The SMILES string of the molecule is CC1=CN(c2ccc(C(=O)O)[nH]c2=O)CN1C. The van der Waals surface area contributed by atoms with E-state index in [4.69, 9.17) is 5.11 Å². The van der Waals surface area contributed by atoms with Crippen LogP contribution < -0.4 is 10.5 Å². The van der Waals surface area contributed by atoms with Crippen LogP contribution in [0.25, 0.3) is 0 Å². The number of nitrogens with one attached hydrogen (secondary N) is 1. The third kappa shape index (κ3) is 2.01. The van der Waals surface area contributed by atoms with Crippen molar-refractivity contribution in [2.75, 3.05) is 18.6 Å². The molecular weight excluding hydrogens is 222 g/mol. The maximum Gasteiger partial charge on any atom is 0.352 e. The zero-order chi connectivity index (χ0) is 12.6. The number of pyridine rings is 1. The summed E-state index contributed by atoms with van der Waals surface area (Å²) in [6.45, 7) is 2.53. The van der Waals surface area contributed by atoms with Crippen molar-refractivity contribution in [2.45, 2.75) is 6.92 Å². The molecule has 0 fully saturated rings. The van der Waals surface area contributed by atoms with Crippen molar-refractivity contribution >= 4 is 11.7 Å². The van der Waals surface area contributed by atoms with Crippen LogP contribution in [0.1, 0.15) is 17.4 Å². The molecule has 6 heteroatoms. The Morgan fingerprint density at radius 1 is 1.47 bits per heavy atom. The van der Waals surface area contributed by atoms with E-state index in [2.05, 4.69) is 4.98 Å². The predicted octanol–water partition coefficient (Wildman–Crippen LogP) is 0.644. The molecule has 17 heavy (non-hydrogen) atoms. The Balaban J connectivity index is 2.36. The van der Waals surface area contributed by atoms with E-state index in [1.165, 1.54) is 12.1 Å². The molecule has 1 aromatic rings. The maximum atomic E-state index is 11.7. The standard InChI is InChI=1S/C11H13N3O3/c1-7-5-14(6-13(7)2)9-4-3-8(11(16)17)12-10(9)15/h3-5H,6H2,1-2H3,(H,12,15)(H,16,17). The molecule has 0 saturated heterocycles. The van der Waals surface area contributed by atoms with E-state index in [1.54, 1.807) is 4.90 Å². The minimum absolute atomic E-state index is 0.105. The smallest absolute Gasteiger partial charge is 0.352 e. The van der Waals surface area contributed by atoms with Crippen molar-refractivity contribution in [2.24, 2.45) is 0 Å². The molecule has 0 bridgehead atoms. The van der Waals surface area contributed by atoms with Gasteiger partial charge in [0.15, 0.2) is 0 Å². The second-order valence-corrected chi connectivity index (χ2v) is 3.97. The van der Waals surface area contributed by atoms with Gasteiger partial charge < -0.3 is 19.9 Å². The maximum absolute atomic E-state index is 11.7. The van der Waals surface area contributed by atoms with Gasteiger partial charge in [-0.3, -0.25) is 4.79 Å². The number of carbonyl (C=O) groups is 1. The summed E-state index contributed by atoms with van der Waals surface area (Å²) in [6, 6.07) is 2.91. The Morgan fingerprint density at radius 3 is 2.65 bits per heavy atom. The van der Waals surface area contributed by atoms with Crippen LogP contribution >= 0.6 is 0 Å². The highest BCUT2D eigenvalue weighted by atomic mass is 16.4. The molecule has 2 N–H and O–H groups in total. The molecule has 0 aromatic carbocycles. The molecule has 90 valence electrons. The number of hydrogen-bond acceptors (Lipinski definition) is 4. The summed E-state index contributed by atoms with van der Waals surface area (Å²) in [5.41, 5.74) is 0.988. The molecule has 2 heterocycles. The molecule has 2 rings (SSSR count). The van der Waals surface area contributed by atoms with Crippen LogP contribution in [-0.4, -0.2) is 34.7 Å². The highest BCUT2D eigenvalue weighted by molar-refractivity contribution is 5.85. The Morgan fingerprint density at radius 2 is 2.18 bits per heavy atom. The monoisotopic (exact) mass is 235 g/mol. The fourth-order valence-corrected chi connectivity index (χ4v) is 1.67. The van der Waals surface area contributed by atoms with E-state index < -0.39 is 11.5 Å². The molecule has 1 aliphatic heterocycles. The van der Waals surface area contributed by atoms with E-state index in [0.29, 0.717) is 12.4 Å². The summed E-state index contributed by atoms with van der Waals surface area (Å²) in [5, 5.41) is 8.75. The highest BCUT2D eigenvalue weighted by Crippen LogP contribution is 2.18. The van der Waals surface area contributed by atoms with Crippen LogP contribution in [0.2, 0.25) is 0 Å². The molecule has 0 unspecified atom stereocenters. The first kappa shape index (κ1) is 11.3. The fraction of sp³-hybridized carbons (Fsp3) is 0.273. The van der Waals surface area contributed by atoms with Gasteiger partial charge in [0, 0.05) is 18.9 Å². The van der Waals surface area contributed by atoms with Crippen LogP contribution in [0.5, 0.6) is 0 Å². The van der Waals surface area contributed by atoms with Crippen molar-refractivity contribution in [3.63, 3.8) is 0 Å². The first-order valence-corrected chi connectivity index (χ1v) is 5.12. The first-order valence-electron chi connectivity index (χ1n) is 5.12. The van der Waals surface area contributed by atoms with Gasteiger partial charge in [-0.25, -0.2) is 4.79 Å². The van der Waals surface area contributed by atoms with Gasteiger partial charge in [0.25, 0.3) is 5.56 Å². The van der Waals surface area contributed by atoms with Crippen molar-refractivity contribution < 1.29 is 9.90 Å². The number of carboxylic acid groups (broad SMARTS) is 1. The predicted molar refractivity (Wildman–Crippen MR) is 62.9 cm³/mol. The van der Waals surface area contributed by atoms with Crippen LogP contribution in [0, 0.1) is 0 Å². The Kier molecular flexibility index (Phi) is 2.63. The number of hydrogen-bond donors (Lipinski definition) is 2. The molecule has 0 radical (unpaired) electrons. The number of aromatic amines is 1. The van der Waals surface area contributed by atoms with Gasteiger partial charge >= 0.3 is 5.97 Å². The topological polar surface area (TPSA) is 76.6 Å². The van der Waals surface area contributed by atoms with Gasteiger partial charge in [-0.05, 0) is 19.1 Å². The summed E-state index contributed by atoms with van der Waals surface area (Å²) < 4.78 is 0. The Hall–Kier alpha value is -2.24. The number of nitrogens with zero attached hydrogens (tertiary/aromatic N) is 2. The zero-order valence-corrected chi connectivity index (χ0v) is 9.60. The lowest BCUT2D eigenvalue weighted by Gasteiger charge is -2.17. The van der Waals surface area contributed by atoms with Gasteiger partial charge in [-0.1, -0.05) is 0 Å². The van der Waals surface area contributed by atoms with Crippen molar-refractivity contribution in [1.29, 1.82) is 0 Å². The summed E-state index contributed by atoms with van der Waals surface area (Å²) in [5.74, 6) is -1.14. The number of carboxylic acids is 1. The van der Waals surface area contributed by atoms with E-state index in [0.717, 1.165) is 5.70 Å². The Bertz CT molecular complexity index is 547. The summed E-state index contributed by atoms with van der Waals surface area (Å²) in [6.07, 6.45) is 1.85. The van der Waals surface area contributed by atoms with E-state index in [-0.39, 0.29) is 5.69 Å².